The van der Waals surface area contributed by atoms with Gasteiger partial charge in [-0.2, -0.15) is 0 Å². The van der Waals surface area contributed by atoms with Gasteiger partial charge < -0.3 is 10.1 Å². The summed E-state index contributed by atoms with van der Waals surface area (Å²) < 4.78 is 19.5. The predicted octanol–water partition coefficient (Wildman–Crippen LogP) is 4.10. The van der Waals surface area contributed by atoms with E-state index < -0.39 is 0 Å². The zero-order valence-electron chi connectivity index (χ0n) is 9.91. The van der Waals surface area contributed by atoms with Gasteiger partial charge >= 0.3 is 0 Å². The van der Waals surface area contributed by atoms with E-state index in [1.54, 1.807) is 12.1 Å². The smallest absolute Gasteiger partial charge is 0.141 e. The SMILES string of the molecule is CNCc1ccccc1Oc1ccc(Br)c(F)c1. The topological polar surface area (TPSA) is 21.3 Å². The maximum atomic E-state index is 13.4. The van der Waals surface area contributed by atoms with Crippen molar-refractivity contribution in [2.24, 2.45) is 0 Å². The Hall–Kier alpha value is -1.39. The zero-order valence-corrected chi connectivity index (χ0v) is 11.5. The van der Waals surface area contributed by atoms with Gasteiger partial charge in [-0.05, 0) is 41.2 Å². The monoisotopic (exact) mass is 309 g/mol. The molecule has 2 aromatic carbocycles. The van der Waals surface area contributed by atoms with Gasteiger partial charge in [0.1, 0.15) is 17.3 Å². The number of ether oxygens (including phenoxy) is 1. The van der Waals surface area contributed by atoms with Gasteiger partial charge in [-0.3, -0.25) is 0 Å². The van der Waals surface area contributed by atoms with Crippen molar-refractivity contribution in [2.75, 3.05) is 7.05 Å². The Bertz CT molecular complexity index is 545. The van der Waals surface area contributed by atoms with E-state index in [1.807, 2.05) is 31.3 Å². The predicted molar refractivity (Wildman–Crippen MR) is 73.4 cm³/mol. The number of rotatable bonds is 4. The molecule has 2 rings (SSSR count). The van der Waals surface area contributed by atoms with Crippen LogP contribution >= 0.6 is 15.9 Å². The first-order chi connectivity index (χ1) is 8.70. The van der Waals surface area contributed by atoms with Crippen LogP contribution in [0.5, 0.6) is 11.5 Å². The van der Waals surface area contributed by atoms with Gasteiger partial charge in [-0.1, -0.05) is 18.2 Å². The molecule has 0 atom stereocenters. The quantitative estimate of drug-likeness (QED) is 0.918. The highest BCUT2D eigenvalue weighted by atomic mass is 79.9. The molecule has 0 saturated heterocycles. The van der Waals surface area contributed by atoms with Crippen molar-refractivity contribution in [3.63, 3.8) is 0 Å². The van der Waals surface area contributed by atoms with Gasteiger partial charge in [0, 0.05) is 18.2 Å². The zero-order chi connectivity index (χ0) is 13.0. The molecule has 0 spiro atoms. The number of para-hydroxylation sites is 1. The first kappa shape index (κ1) is 13.1. The van der Waals surface area contributed by atoms with E-state index in [0.717, 1.165) is 11.3 Å². The number of hydrogen-bond acceptors (Lipinski definition) is 2. The summed E-state index contributed by atoms with van der Waals surface area (Å²) in [5, 5.41) is 3.07. The van der Waals surface area contributed by atoms with Crippen LogP contribution in [0.1, 0.15) is 5.56 Å². The largest absolute Gasteiger partial charge is 0.457 e. The fraction of sp³-hybridized carbons (Fsp3) is 0.143. The molecule has 18 heavy (non-hydrogen) atoms. The average Bonchev–Trinajstić information content (AvgIpc) is 2.37. The lowest BCUT2D eigenvalue weighted by Crippen LogP contribution is -2.06. The average molecular weight is 310 g/mol. The van der Waals surface area contributed by atoms with Gasteiger partial charge in [-0.25, -0.2) is 4.39 Å². The molecule has 1 N–H and O–H groups in total. The van der Waals surface area contributed by atoms with Crippen molar-refractivity contribution in [3.05, 3.63) is 58.3 Å². The van der Waals surface area contributed by atoms with Crippen LogP contribution in [0.25, 0.3) is 0 Å². The Balaban J connectivity index is 2.25. The summed E-state index contributed by atoms with van der Waals surface area (Å²) in [5.41, 5.74) is 1.03. The Morgan fingerprint density at radius 1 is 1.22 bits per heavy atom. The maximum Gasteiger partial charge on any atom is 0.141 e. The second-order valence-electron chi connectivity index (χ2n) is 3.82. The van der Waals surface area contributed by atoms with E-state index in [-0.39, 0.29) is 5.82 Å². The van der Waals surface area contributed by atoms with Crippen molar-refractivity contribution in [3.8, 4) is 11.5 Å². The highest BCUT2D eigenvalue weighted by Gasteiger charge is 2.06. The lowest BCUT2D eigenvalue weighted by molar-refractivity contribution is 0.468. The summed E-state index contributed by atoms with van der Waals surface area (Å²) in [6, 6.07) is 12.4. The molecule has 0 aliphatic rings. The lowest BCUT2D eigenvalue weighted by atomic mass is 10.2. The van der Waals surface area contributed by atoms with Crippen molar-refractivity contribution < 1.29 is 9.13 Å². The van der Waals surface area contributed by atoms with Crippen molar-refractivity contribution in [1.82, 2.24) is 5.32 Å². The van der Waals surface area contributed by atoms with E-state index in [0.29, 0.717) is 16.8 Å². The highest BCUT2D eigenvalue weighted by molar-refractivity contribution is 9.10. The van der Waals surface area contributed by atoms with Crippen molar-refractivity contribution in [2.45, 2.75) is 6.54 Å². The summed E-state index contributed by atoms with van der Waals surface area (Å²) in [6.45, 7) is 0.704. The molecule has 94 valence electrons. The van der Waals surface area contributed by atoms with Crippen LogP contribution in [0.2, 0.25) is 0 Å². The lowest BCUT2D eigenvalue weighted by Gasteiger charge is -2.11. The van der Waals surface area contributed by atoms with Gasteiger partial charge in [0.2, 0.25) is 0 Å². The maximum absolute atomic E-state index is 13.4. The third kappa shape index (κ3) is 3.09. The number of benzene rings is 2. The molecule has 2 aromatic rings. The molecule has 0 aromatic heterocycles. The van der Waals surface area contributed by atoms with Crippen LogP contribution in [0.4, 0.5) is 4.39 Å². The minimum atomic E-state index is -0.335. The number of nitrogens with one attached hydrogen (secondary N) is 1. The molecular formula is C14H13BrFNO. The summed E-state index contributed by atoms with van der Waals surface area (Å²) >= 11 is 3.11. The van der Waals surface area contributed by atoms with Crippen LogP contribution in [-0.2, 0) is 6.54 Å². The second-order valence-corrected chi connectivity index (χ2v) is 4.67. The highest BCUT2D eigenvalue weighted by Crippen LogP contribution is 2.27. The molecule has 0 heterocycles. The minimum Gasteiger partial charge on any atom is -0.457 e. The molecule has 2 nitrogen and oxygen atoms in total. The molecule has 0 saturated carbocycles. The van der Waals surface area contributed by atoms with Crippen molar-refractivity contribution >= 4 is 15.9 Å². The molecular weight excluding hydrogens is 297 g/mol. The van der Waals surface area contributed by atoms with E-state index in [4.69, 9.17) is 4.74 Å². The molecule has 0 amide bonds. The van der Waals surface area contributed by atoms with E-state index in [2.05, 4.69) is 21.2 Å². The van der Waals surface area contributed by atoms with E-state index in [1.165, 1.54) is 6.07 Å². The van der Waals surface area contributed by atoms with Crippen LogP contribution in [0.15, 0.2) is 46.9 Å². The second kappa shape index (κ2) is 5.98. The first-order valence-corrected chi connectivity index (χ1v) is 6.35. The van der Waals surface area contributed by atoms with E-state index >= 15 is 0 Å². The summed E-state index contributed by atoms with van der Waals surface area (Å²) in [5.74, 6) is 0.881. The fourth-order valence-corrected chi connectivity index (χ4v) is 1.85. The van der Waals surface area contributed by atoms with Gasteiger partial charge in [0.25, 0.3) is 0 Å². The third-order valence-corrected chi connectivity index (χ3v) is 3.10. The standard InChI is InChI=1S/C14H13BrFNO/c1-17-9-10-4-2-3-5-14(10)18-11-6-7-12(15)13(16)8-11/h2-8,17H,9H2,1H3. The van der Waals surface area contributed by atoms with Crippen LogP contribution in [0, 0.1) is 5.82 Å². The van der Waals surface area contributed by atoms with Crippen LogP contribution < -0.4 is 10.1 Å². The Morgan fingerprint density at radius 2 is 2.00 bits per heavy atom. The summed E-state index contributed by atoms with van der Waals surface area (Å²) in [6.07, 6.45) is 0. The minimum absolute atomic E-state index is 0.335. The molecule has 0 aliphatic carbocycles. The first-order valence-electron chi connectivity index (χ1n) is 5.56. The molecule has 4 heteroatoms. The van der Waals surface area contributed by atoms with Crippen LogP contribution in [0.3, 0.4) is 0 Å². The fourth-order valence-electron chi connectivity index (χ4n) is 1.61. The number of halogens is 2. The Labute approximate surface area is 114 Å². The van der Waals surface area contributed by atoms with Crippen LogP contribution in [-0.4, -0.2) is 7.05 Å². The van der Waals surface area contributed by atoms with Crippen molar-refractivity contribution in [1.29, 1.82) is 0 Å². The Kier molecular flexibility index (Phi) is 4.33. The molecule has 0 aliphatic heterocycles. The Morgan fingerprint density at radius 3 is 2.72 bits per heavy atom. The van der Waals surface area contributed by atoms with E-state index in [9.17, 15) is 4.39 Å². The molecule has 0 fully saturated rings. The summed E-state index contributed by atoms with van der Waals surface area (Å²) in [4.78, 5) is 0. The third-order valence-electron chi connectivity index (χ3n) is 2.46. The molecule has 0 unspecified atom stereocenters. The van der Waals surface area contributed by atoms with Gasteiger partial charge in [-0.15, -0.1) is 0 Å². The summed E-state index contributed by atoms with van der Waals surface area (Å²) in [7, 11) is 1.87. The molecule has 0 radical (unpaired) electrons. The number of hydrogen-bond donors (Lipinski definition) is 1. The normalized spacial score (nSPS) is 10.4. The molecule has 0 bridgehead atoms. The van der Waals surface area contributed by atoms with Gasteiger partial charge in [0.05, 0.1) is 4.47 Å². The van der Waals surface area contributed by atoms with Gasteiger partial charge in [0.15, 0.2) is 0 Å².